The molecule has 0 bridgehead atoms. The minimum absolute atomic E-state index is 0.00620. The van der Waals surface area contributed by atoms with Crippen LogP contribution in [0.25, 0.3) is 0 Å². The lowest BCUT2D eigenvalue weighted by Crippen LogP contribution is -2.71. The first-order chi connectivity index (χ1) is 20.1. The van der Waals surface area contributed by atoms with Gasteiger partial charge in [0.1, 0.15) is 31.2 Å². The monoisotopic (exact) mass is 592 g/mol. The molecule has 4 heterocycles. The Morgan fingerprint density at radius 2 is 1.86 bits per heavy atom. The van der Waals surface area contributed by atoms with Gasteiger partial charge in [-0.1, -0.05) is 0 Å². The molecule has 0 aromatic rings. The summed E-state index contributed by atoms with van der Waals surface area (Å²) in [5, 5.41) is 35.7. The average molecular weight is 593 g/mol. The first-order valence-electron chi connectivity index (χ1n) is 16.0. The maximum absolute atomic E-state index is 13.3. The number of cyclic esters (lactones) is 1. The second-order valence-corrected chi connectivity index (χ2v) is 14.8. The van der Waals surface area contributed by atoms with Crippen LogP contribution in [0.3, 0.4) is 0 Å². The van der Waals surface area contributed by atoms with Gasteiger partial charge in [0.25, 0.3) is 0 Å². The van der Waals surface area contributed by atoms with E-state index in [4.69, 9.17) is 28.4 Å². The Morgan fingerprint density at radius 3 is 2.64 bits per heavy atom. The van der Waals surface area contributed by atoms with Crippen LogP contribution in [0.5, 0.6) is 0 Å². The first kappa shape index (κ1) is 28.2. The van der Waals surface area contributed by atoms with Crippen LogP contribution in [0, 0.1) is 28.6 Å². The fraction of sp³-hybridized carbons (Fsp3) is 0.935. The van der Waals surface area contributed by atoms with Crippen molar-refractivity contribution in [2.24, 2.45) is 28.6 Å². The smallest absolute Gasteiger partial charge is 0.312 e. The van der Waals surface area contributed by atoms with Crippen molar-refractivity contribution < 1.29 is 53.3 Å². The topological polar surface area (TPSA) is 150 Å². The molecule has 3 N–H and O–H groups in total. The van der Waals surface area contributed by atoms with Crippen LogP contribution >= 0.6 is 0 Å². The SMILES string of the molecule is C[C@@H]1C[C@H]2OCO[C@H]2[C@H](COC2CCC3(C(=O)O)C4CCC56CO[C@@]7(COC(=O)C7)C5CCC6(O)C4CCC3(O)C2)O1. The summed E-state index contributed by atoms with van der Waals surface area (Å²) in [4.78, 5) is 25.4. The minimum Gasteiger partial charge on any atom is -0.481 e. The van der Waals surface area contributed by atoms with Crippen molar-refractivity contribution in [1.82, 2.24) is 0 Å². The van der Waals surface area contributed by atoms with E-state index in [1.165, 1.54) is 0 Å². The number of ether oxygens (including phenoxy) is 6. The highest BCUT2D eigenvalue weighted by atomic mass is 16.7. The molecule has 8 fully saturated rings. The third kappa shape index (κ3) is 3.53. The lowest BCUT2D eigenvalue weighted by molar-refractivity contribution is -0.265. The number of fused-ring (bicyclic) bond motifs is 6. The largest absolute Gasteiger partial charge is 0.481 e. The van der Waals surface area contributed by atoms with Gasteiger partial charge in [0.2, 0.25) is 0 Å². The van der Waals surface area contributed by atoms with Crippen LogP contribution in [0.2, 0.25) is 0 Å². The summed E-state index contributed by atoms with van der Waals surface area (Å²) < 4.78 is 35.6. The number of carboxylic acid groups (broad SMARTS) is 1. The molecular weight excluding hydrogens is 548 g/mol. The van der Waals surface area contributed by atoms with E-state index in [-0.39, 0.29) is 80.5 Å². The molecule has 4 aliphatic carbocycles. The summed E-state index contributed by atoms with van der Waals surface area (Å²) in [6, 6.07) is 0. The van der Waals surface area contributed by atoms with Gasteiger partial charge in [-0.15, -0.1) is 0 Å². The normalized spacial score (nSPS) is 56.3. The molecule has 11 nitrogen and oxygen atoms in total. The highest BCUT2D eigenvalue weighted by molar-refractivity contribution is 5.78. The average Bonchev–Trinajstić information content (AvgIpc) is 3.71. The standard InChI is InChI=1S/C31H44O11/c1-17-10-21-25(40-16-39-21)22(42-17)13-37-18-2-8-30(26(33)34)19-3-6-27-14-41-28(12-24(32)38-15-28)23(27)5-9-31(27,36)20(19)4-7-29(30,35)11-18/h17-23,25,35-36H,2-16H2,1H3,(H,33,34)/t17-,18?,19?,20?,21-,22+,23?,25-,27?,28+,29?,30?,31?/m1/s1. The van der Waals surface area contributed by atoms with E-state index in [9.17, 15) is 24.9 Å². The molecule has 13 atom stereocenters. The lowest BCUT2D eigenvalue weighted by atomic mass is 9.41. The molecule has 0 aromatic heterocycles. The number of rotatable bonds is 4. The van der Waals surface area contributed by atoms with Gasteiger partial charge in [-0.3, -0.25) is 9.59 Å². The fourth-order valence-corrected chi connectivity index (χ4v) is 11.6. The molecule has 4 saturated carbocycles. The Labute approximate surface area is 245 Å². The molecule has 0 aromatic carbocycles. The lowest BCUT2D eigenvalue weighted by Gasteiger charge is -2.65. The highest BCUT2D eigenvalue weighted by Crippen LogP contribution is 2.73. The molecule has 234 valence electrons. The predicted octanol–water partition coefficient (Wildman–Crippen LogP) is 1.94. The number of esters is 1. The molecule has 0 radical (unpaired) electrons. The second kappa shape index (κ2) is 9.34. The Balaban J connectivity index is 1.02. The summed E-state index contributed by atoms with van der Waals surface area (Å²) >= 11 is 0. The number of hydrogen-bond acceptors (Lipinski definition) is 10. The summed E-state index contributed by atoms with van der Waals surface area (Å²) in [6.07, 6.45) is 4.71. The van der Waals surface area contributed by atoms with Gasteiger partial charge >= 0.3 is 11.9 Å². The third-order valence-electron chi connectivity index (χ3n) is 13.4. The van der Waals surface area contributed by atoms with E-state index >= 15 is 0 Å². The summed E-state index contributed by atoms with van der Waals surface area (Å²) in [6.45, 7) is 3.17. The Hall–Kier alpha value is -1.34. The number of carbonyl (C=O) groups is 2. The van der Waals surface area contributed by atoms with Crippen LogP contribution < -0.4 is 0 Å². The summed E-state index contributed by atoms with van der Waals surface area (Å²) in [7, 11) is 0. The Kier molecular flexibility index (Phi) is 6.26. The molecule has 8 unspecified atom stereocenters. The van der Waals surface area contributed by atoms with Crippen LogP contribution in [0.15, 0.2) is 0 Å². The van der Waals surface area contributed by atoms with Crippen LogP contribution in [0.1, 0.15) is 77.6 Å². The van der Waals surface area contributed by atoms with Crippen molar-refractivity contribution in [2.45, 2.75) is 125 Å². The molecule has 4 saturated heterocycles. The van der Waals surface area contributed by atoms with E-state index in [1.54, 1.807) is 0 Å². The van der Waals surface area contributed by atoms with Gasteiger partial charge in [0.15, 0.2) is 0 Å². The van der Waals surface area contributed by atoms with Crippen LogP contribution in [0.4, 0.5) is 0 Å². The van der Waals surface area contributed by atoms with Gasteiger partial charge in [-0.25, -0.2) is 0 Å². The Morgan fingerprint density at radius 1 is 1.02 bits per heavy atom. The molecule has 8 aliphatic rings. The van der Waals surface area contributed by atoms with Gasteiger partial charge in [0, 0.05) is 24.2 Å². The summed E-state index contributed by atoms with van der Waals surface area (Å²) in [5.74, 6) is -1.82. The van der Waals surface area contributed by atoms with E-state index in [0.717, 1.165) is 12.8 Å². The second-order valence-electron chi connectivity index (χ2n) is 14.8. The number of carboxylic acids is 1. The van der Waals surface area contributed by atoms with Gasteiger partial charge < -0.3 is 43.7 Å². The zero-order valence-electron chi connectivity index (χ0n) is 24.3. The maximum Gasteiger partial charge on any atom is 0.312 e. The van der Waals surface area contributed by atoms with Crippen molar-refractivity contribution in [3.05, 3.63) is 0 Å². The molecular formula is C31H44O11. The molecule has 0 amide bonds. The van der Waals surface area contributed by atoms with E-state index < -0.39 is 33.6 Å². The zero-order valence-corrected chi connectivity index (χ0v) is 24.3. The quantitative estimate of drug-likeness (QED) is 0.411. The van der Waals surface area contributed by atoms with E-state index in [1.807, 2.05) is 6.92 Å². The van der Waals surface area contributed by atoms with Crippen molar-refractivity contribution in [2.75, 3.05) is 26.6 Å². The van der Waals surface area contributed by atoms with Gasteiger partial charge in [0.05, 0.1) is 54.6 Å². The molecule has 42 heavy (non-hydrogen) atoms. The van der Waals surface area contributed by atoms with Crippen molar-refractivity contribution in [3.63, 3.8) is 0 Å². The number of aliphatic carboxylic acids is 1. The van der Waals surface area contributed by atoms with E-state index in [2.05, 4.69) is 0 Å². The van der Waals surface area contributed by atoms with Crippen molar-refractivity contribution in [3.8, 4) is 0 Å². The fourth-order valence-electron chi connectivity index (χ4n) is 11.6. The van der Waals surface area contributed by atoms with Gasteiger partial charge in [-0.05, 0) is 70.1 Å². The molecule has 8 rings (SSSR count). The minimum atomic E-state index is -1.43. The van der Waals surface area contributed by atoms with E-state index in [0.29, 0.717) is 58.2 Å². The summed E-state index contributed by atoms with van der Waals surface area (Å²) in [5.41, 5.74) is -5.07. The van der Waals surface area contributed by atoms with Crippen LogP contribution in [-0.2, 0) is 38.0 Å². The number of carbonyl (C=O) groups excluding carboxylic acids is 1. The number of aliphatic hydroxyl groups is 2. The highest BCUT2D eigenvalue weighted by Gasteiger charge is 2.78. The third-order valence-corrected chi connectivity index (χ3v) is 13.4. The Bertz CT molecular complexity index is 1150. The van der Waals surface area contributed by atoms with Crippen LogP contribution in [-0.4, -0.2) is 101 Å². The predicted molar refractivity (Wildman–Crippen MR) is 142 cm³/mol. The van der Waals surface area contributed by atoms with Crippen molar-refractivity contribution in [1.29, 1.82) is 0 Å². The molecule has 4 aliphatic heterocycles. The maximum atomic E-state index is 13.3. The zero-order chi connectivity index (χ0) is 29.1. The number of hydrogen-bond donors (Lipinski definition) is 3. The van der Waals surface area contributed by atoms with Crippen molar-refractivity contribution >= 4 is 11.9 Å². The molecule has 2 spiro atoms. The van der Waals surface area contributed by atoms with Gasteiger partial charge in [-0.2, -0.15) is 0 Å². The first-order valence-corrected chi connectivity index (χ1v) is 16.0. The molecule has 11 heteroatoms.